The number of carbonyl (C=O) groups excluding carboxylic acids is 1. The highest BCUT2D eigenvalue weighted by molar-refractivity contribution is 5.73. The molecule has 6 heteroatoms. The van der Waals surface area contributed by atoms with Crippen LogP contribution in [0.25, 0.3) is 0 Å². The van der Waals surface area contributed by atoms with Crippen LogP contribution in [0, 0.1) is 5.92 Å². The number of methoxy groups -OCH3 is 2. The monoisotopic (exact) mass is 306 g/mol. The van der Waals surface area contributed by atoms with Crippen molar-refractivity contribution in [2.24, 2.45) is 5.92 Å². The molecular formula is C16H18O6. The van der Waals surface area contributed by atoms with Gasteiger partial charge in [0.05, 0.1) is 26.6 Å². The van der Waals surface area contributed by atoms with E-state index in [1.54, 1.807) is 14.2 Å². The summed E-state index contributed by atoms with van der Waals surface area (Å²) in [5.74, 6) is 0.917. The average molecular weight is 306 g/mol. The zero-order chi connectivity index (χ0) is 15.5. The Morgan fingerprint density at radius 1 is 1.23 bits per heavy atom. The number of carbonyl (C=O) groups is 1. The number of hydrogen-bond acceptors (Lipinski definition) is 6. The largest absolute Gasteiger partial charge is 0.496 e. The maximum atomic E-state index is 11.6. The molecule has 6 nitrogen and oxygen atoms in total. The molecule has 1 aromatic rings. The van der Waals surface area contributed by atoms with Crippen molar-refractivity contribution < 1.29 is 28.5 Å². The molecule has 0 amide bonds. The Morgan fingerprint density at radius 2 is 2.05 bits per heavy atom. The molecular weight excluding hydrogens is 288 g/mol. The zero-order valence-corrected chi connectivity index (χ0v) is 12.8. The first-order valence-corrected chi connectivity index (χ1v) is 7.35. The van der Waals surface area contributed by atoms with Crippen molar-refractivity contribution in [3.8, 4) is 17.2 Å². The molecule has 2 saturated heterocycles. The Labute approximate surface area is 128 Å². The fourth-order valence-corrected chi connectivity index (χ4v) is 3.73. The van der Waals surface area contributed by atoms with Gasteiger partial charge < -0.3 is 23.7 Å². The third-order valence-electron chi connectivity index (χ3n) is 4.79. The zero-order valence-electron chi connectivity index (χ0n) is 12.8. The van der Waals surface area contributed by atoms with E-state index in [-0.39, 0.29) is 24.1 Å². The maximum absolute atomic E-state index is 11.6. The predicted molar refractivity (Wildman–Crippen MR) is 75.1 cm³/mol. The molecule has 3 aliphatic rings. The molecule has 0 aromatic heterocycles. The molecule has 0 bridgehead atoms. The van der Waals surface area contributed by atoms with E-state index in [9.17, 15) is 4.79 Å². The van der Waals surface area contributed by atoms with Gasteiger partial charge in [-0.2, -0.15) is 0 Å². The van der Waals surface area contributed by atoms with Gasteiger partial charge in [0.25, 0.3) is 0 Å². The fourth-order valence-electron chi connectivity index (χ4n) is 3.73. The highest BCUT2D eigenvalue weighted by Gasteiger charge is 2.61. The molecule has 3 heterocycles. The van der Waals surface area contributed by atoms with Crippen LogP contribution in [0.15, 0.2) is 12.1 Å². The van der Waals surface area contributed by atoms with E-state index in [4.69, 9.17) is 23.7 Å². The first kappa shape index (κ1) is 13.7. The van der Waals surface area contributed by atoms with E-state index in [0.29, 0.717) is 18.6 Å². The third-order valence-corrected chi connectivity index (χ3v) is 4.79. The van der Waals surface area contributed by atoms with Gasteiger partial charge >= 0.3 is 5.97 Å². The van der Waals surface area contributed by atoms with E-state index in [1.807, 2.05) is 19.1 Å². The Morgan fingerprint density at radius 3 is 2.77 bits per heavy atom. The smallest absolute Gasteiger partial charge is 0.308 e. The summed E-state index contributed by atoms with van der Waals surface area (Å²) < 4.78 is 28.3. The SMILES string of the molecule is COc1cc(OC)c2c(c1)OC1C(C2)OC2(C)OC(=O)CC12. The van der Waals surface area contributed by atoms with Crippen LogP contribution in [0.4, 0.5) is 0 Å². The lowest BCUT2D eigenvalue weighted by Gasteiger charge is -2.30. The minimum atomic E-state index is -0.883. The van der Waals surface area contributed by atoms with Crippen molar-refractivity contribution in [3.05, 3.63) is 17.7 Å². The number of rotatable bonds is 2. The summed E-state index contributed by atoms with van der Waals surface area (Å²) in [6.45, 7) is 1.81. The maximum Gasteiger partial charge on any atom is 0.308 e. The Bertz CT molecular complexity index is 642. The molecule has 0 radical (unpaired) electrons. The van der Waals surface area contributed by atoms with Crippen LogP contribution in [0.2, 0.25) is 0 Å². The number of fused-ring (bicyclic) bond motifs is 4. The molecule has 4 atom stereocenters. The molecule has 22 heavy (non-hydrogen) atoms. The quantitative estimate of drug-likeness (QED) is 0.775. The Balaban J connectivity index is 1.72. The molecule has 4 unspecified atom stereocenters. The third kappa shape index (κ3) is 1.80. The van der Waals surface area contributed by atoms with Crippen LogP contribution in [0.5, 0.6) is 17.2 Å². The van der Waals surface area contributed by atoms with Gasteiger partial charge in [0.15, 0.2) is 0 Å². The normalized spacial score (nSPS) is 35.0. The van der Waals surface area contributed by atoms with Crippen LogP contribution < -0.4 is 14.2 Å². The molecule has 0 aliphatic carbocycles. The summed E-state index contributed by atoms with van der Waals surface area (Å²) in [6, 6.07) is 3.68. The van der Waals surface area contributed by atoms with E-state index in [1.165, 1.54) is 0 Å². The standard InChI is InChI=1S/C16H18O6/c1-16-10(7-14(17)22-16)15-13(21-16)6-9-11(19-3)4-8(18-2)5-12(9)20-15/h4-5,10,13,15H,6-7H2,1-3H3. The Hall–Kier alpha value is -1.95. The first-order chi connectivity index (χ1) is 10.5. The Kier molecular flexibility index (Phi) is 2.81. The summed E-state index contributed by atoms with van der Waals surface area (Å²) in [4.78, 5) is 11.6. The first-order valence-electron chi connectivity index (χ1n) is 7.35. The van der Waals surface area contributed by atoms with Gasteiger partial charge in [-0.1, -0.05) is 0 Å². The van der Waals surface area contributed by atoms with E-state index in [0.717, 1.165) is 17.1 Å². The second kappa shape index (κ2) is 4.52. The lowest BCUT2D eigenvalue weighted by atomic mass is 9.89. The molecule has 0 N–H and O–H groups in total. The minimum absolute atomic E-state index is 0.0876. The van der Waals surface area contributed by atoms with Gasteiger partial charge in [0.2, 0.25) is 5.79 Å². The van der Waals surface area contributed by atoms with E-state index < -0.39 is 5.79 Å². The minimum Gasteiger partial charge on any atom is -0.496 e. The molecule has 3 aliphatic heterocycles. The van der Waals surface area contributed by atoms with Gasteiger partial charge in [-0.3, -0.25) is 4.79 Å². The summed E-state index contributed by atoms with van der Waals surface area (Å²) >= 11 is 0. The van der Waals surface area contributed by atoms with Gasteiger partial charge in [0, 0.05) is 31.0 Å². The van der Waals surface area contributed by atoms with Crippen molar-refractivity contribution in [2.75, 3.05) is 14.2 Å². The van der Waals surface area contributed by atoms with Gasteiger partial charge in [-0.05, 0) is 0 Å². The second-order valence-corrected chi connectivity index (χ2v) is 6.05. The summed E-state index contributed by atoms with van der Waals surface area (Å²) in [5.41, 5.74) is 0.958. The molecule has 4 rings (SSSR count). The lowest BCUT2D eigenvalue weighted by Crippen LogP contribution is -2.38. The van der Waals surface area contributed by atoms with Crippen molar-refractivity contribution in [1.29, 1.82) is 0 Å². The lowest BCUT2D eigenvalue weighted by molar-refractivity contribution is -0.206. The summed E-state index contributed by atoms with van der Waals surface area (Å²) in [5, 5.41) is 0. The number of benzene rings is 1. The van der Waals surface area contributed by atoms with Crippen LogP contribution in [-0.2, 0) is 20.7 Å². The average Bonchev–Trinajstić information content (AvgIpc) is 2.92. The van der Waals surface area contributed by atoms with Crippen molar-refractivity contribution in [3.63, 3.8) is 0 Å². The van der Waals surface area contributed by atoms with Gasteiger partial charge in [-0.15, -0.1) is 0 Å². The van der Waals surface area contributed by atoms with Crippen LogP contribution in [0.3, 0.4) is 0 Å². The molecule has 0 spiro atoms. The van der Waals surface area contributed by atoms with E-state index in [2.05, 4.69) is 0 Å². The highest BCUT2D eigenvalue weighted by Crippen LogP contribution is 2.51. The van der Waals surface area contributed by atoms with Crippen LogP contribution >= 0.6 is 0 Å². The van der Waals surface area contributed by atoms with Gasteiger partial charge in [0.1, 0.15) is 29.5 Å². The molecule has 118 valence electrons. The van der Waals surface area contributed by atoms with Crippen molar-refractivity contribution in [2.45, 2.75) is 37.8 Å². The topological polar surface area (TPSA) is 63.2 Å². The second-order valence-electron chi connectivity index (χ2n) is 6.05. The van der Waals surface area contributed by atoms with Crippen LogP contribution in [0.1, 0.15) is 18.9 Å². The summed E-state index contributed by atoms with van der Waals surface area (Å²) in [7, 11) is 3.22. The predicted octanol–water partition coefficient (Wildman–Crippen LogP) is 1.69. The molecule has 1 aromatic carbocycles. The molecule has 2 fully saturated rings. The number of esters is 1. The number of ether oxygens (including phenoxy) is 5. The summed E-state index contributed by atoms with van der Waals surface area (Å²) in [6.07, 6.45) is 0.656. The molecule has 0 saturated carbocycles. The van der Waals surface area contributed by atoms with Crippen LogP contribution in [-0.4, -0.2) is 38.2 Å². The highest BCUT2D eigenvalue weighted by atomic mass is 16.7. The van der Waals surface area contributed by atoms with E-state index >= 15 is 0 Å². The fraction of sp³-hybridized carbons (Fsp3) is 0.562. The van der Waals surface area contributed by atoms with Gasteiger partial charge in [-0.25, -0.2) is 0 Å². The number of hydrogen-bond donors (Lipinski definition) is 0. The van der Waals surface area contributed by atoms with Crippen molar-refractivity contribution >= 4 is 5.97 Å². The van der Waals surface area contributed by atoms with Crippen molar-refractivity contribution in [1.82, 2.24) is 0 Å².